The third-order valence-electron chi connectivity index (χ3n) is 4.25. The van der Waals surface area contributed by atoms with Gasteiger partial charge in [0.2, 0.25) is 5.91 Å². The minimum Gasteiger partial charge on any atom is -0.497 e. The number of aromatic nitrogens is 3. The summed E-state index contributed by atoms with van der Waals surface area (Å²) in [5.41, 5.74) is 0.529. The molecule has 3 aromatic rings. The topological polar surface area (TPSA) is 78.3 Å². The second kappa shape index (κ2) is 11.3. The predicted molar refractivity (Wildman–Crippen MR) is 128 cm³/mol. The predicted octanol–water partition coefficient (Wildman–Crippen LogP) is 5.65. The van der Waals surface area contributed by atoms with Crippen LogP contribution in [0.3, 0.4) is 0 Å². The highest BCUT2D eigenvalue weighted by Crippen LogP contribution is 2.27. The second-order valence-corrected chi connectivity index (χ2v) is 8.49. The van der Waals surface area contributed by atoms with Crippen LogP contribution in [0.1, 0.15) is 18.9 Å². The highest BCUT2D eigenvalue weighted by atomic mass is 35.5. The maximum absolute atomic E-state index is 12.4. The monoisotopic (exact) mass is 492 g/mol. The van der Waals surface area contributed by atoms with Crippen molar-refractivity contribution in [3.8, 4) is 11.5 Å². The molecule has 32 heavy (non-hydrogen) atoms. The van der Waals surface area contributed by atoms with Crippen molar-refractivity contribution in [2.24, 2.45) is 0 Å². The molecule has 0 saturated heterocycles. The number of halogens is 2. The van der Waals surface area contributed by atoms with Crippen molar-refractivity contribution in [2.45, 2.75) is 24.7 Å². The van der Waals surface area contributed by atoms with Crippen molar-refractivity contribution >= 4 is 46.6 Å². The first-order valence-electron chi connectivity index (χ1n) is 9.63. The molecule has 0 aliphatic rings. The van der Waals surface area contributed by atoms with E-state index in [0.717, 1.165) is 0 Å². The summed E-state index contributed by atoms with van der Waals surface area (Å²) in [5, 5.41) is 12.8. The Morgan fingerprint density at radius 3 is 2.62 bits per heavy atom. The number of amides is 1. The Bertz CT molecular complexity index is 1090. The Morgan fingerprint density at radius 1 is 1.22 bits per heavy atom. The average molecular weight is 493 g/mol. The number of nitrogens with one attached hydrogen (secondary N) is 1. The molecule has 168 valence electrons. The molecule has 3 rings (SSSR count). The Hall–Kier alpha value is -2.68. The van der Waals surface area contributed by atoms with E-state index in [1.54, 1.807) is 37.5 Å². The summed E-state index contributed by atoms with van der Waals surface area (Å²) in [6.07, 6.45) is 1.36. The van der Waals surface area contributed by atoms with E-state index in [2.05, 4.69) is 22.1 Å². The Labute approximate surface area is 200 Å². The van der Waals surface area contributed by atoms with Gasteiger partial charge in [0.25, 0.3) is 0 Å². The largest absolute Gasteiger partial charge is 0.497 e. The van der Waals surface area contributed by atoms with Crippen molar-refractivity contribution in [1.82, 2.24) is 14.8 Å². The highest BCUT2D eigenvalue weighted by molar-refractivity contribution is 7.99. The molecule has 1 amide bonds. The van der Waals surface area contributed by atoms with Gasteiger partial charge in [-0.15, -0.1) is 16.8 Å². The van der Waals surface area contributed by atoms with Gasteiger partial charge in [-0.25, -0.2) is 0 Å². The molecule has 0 spiro atoms. The molecule has 1 aromatic heterocycles. The smallest absolute Gasteiger partial charge is 0.234 e. The highest BCUT2D eigenvalue weighted by Gasteiger charge is 2.20. The van der Waals surface area contributed by atoms with Gasteiger partial charge in [0.05, 0.1) is 12.9 Å². The molecule has 1 heterocycles. The van der Waals surface area contributed by atoms with Crippen LogP contribution in [0.5, 0.6) is 11.5 Å². The zero-order valence-electron chi connectivity index (χ0n) is 17.5. The zero-order chi connectivity index (χ0) is 23.1. The Morgan fingerprint density at radius 2 is 1.94 bits per heavy atom. The summed E-state index contributed by atoms with van der Waals surface area (Å²) in [6, 6.07) is 12.2. The van der Waals surface area contributed by atoms with Crippen molar-refractivity contribution in [1.29, 1.82) is 0 Å². The lowest BCUT2D eigenvalue weighted by atomic mass is 10.3. The van der Waals surface area contributed by atoms with E-state index in [4.69, 9.17) is 32.7 Å². The van der Waals surface area contributed by atoms with Crippen LogP contribution in [0.15, 0.2) is 60.3 Å². The normalized spacial score (nSPS) is 11.6. The maximum atomic E-state index is 12.4. The first-order valence-corrected chi connectivity index (χ1v) is 11.4. The number of thioether (sulfide) groups is 1. The average Bonchev–Trinajstić information content (AvgIpc) is 3.14. The molecule has 0 radical (unpaired) electrons. The van der Waals surface area contributed by atoms with Gasteiger partial charge in [0.1, 0.15) is 11.5 Å². The minimum atomic E-state index is -0.383. The lowest BCUT2D eigenvalue weighted by Crippen LogP contribution is -2.15. The molecule has 0 bridgehead atoms. The van der Waals surface area contributed by atoms with E-state index in [9.17, 15) is 4.79 Å². The first kappa shape index (κ1) is 24.0. The van der Waals surface area contributed by atoms with Gasteiger partial charge in [0.15, 0.2) is 17.1 Å². The lowest BCUT2D eigenvalue weighted by molar-refractivity contribution is -0.113. The van der Waals surface area contributed by atoms with Gasteiger partial charge >= 0.3 is 0 Å². The lowest BCUT2D eigenvalue weighted by Gasteiger charge is -2.16. The molecule has 7 nitrogen and oxygen atoms in total. The van der Waals surface area contributed by atoms with Crippen molar-refractivity contribution in [3.05, 3.63) is 71.0 Å². The number of rotatable bonds is 10. The minimum absolute atomic E-state index is 0.129. The van der Waals surface area contributed by atoms with Crippen LogP contribution in [0.25, 0.3) is 0 Å². The Balaban J connectivity index is 1.68. The number of anilines is 1. The summed E-state index contributed by atoms with van der Waals surface area (Å²) >= 11 is 13.2. The summed E-state index contributed by atoms with van der Waals surface area (Å²) in [4.78, 5) is 12.4. The molecule has 0 aliphatic heterocycles. The molecule has 1 unspecified atom stereocenters. The van der Waals surface area contributed by atoms with Gasteiger partial charge in [-0.2, -0.15) is 0 Å². The quantitative estimate of drug-likeness (QED) is 0.291. The summed E-state index contributed by atoms with van der Waals surface area (Å²) in [5.74, 6) is 1.88. The van der Waals surface area contributed by atoms with E-state index in [1.165, 1.54) is 11.8 Å². The number of carbonyl (C=O) groups excluding carboxylic acids is 1. The SMILES string of the molecule is C=CCn1c(SCC(=O)Nc2cc(Cl)cc(Cl)c2)nnc1C(C)Oc1cccc(OC)c1. The second-order valence-electron chi connectivity index (χ2n) is 6.67. The molecule has 2 aromatic carbocycles. The van der Waals surface area contributed by atoms with Crippen LogP contribution in [0.2, 0.25) is 10.0 Å². The molecular formula is C22H22Cl2N4O3S. The van der Waals surface area contributed by atoms with Gasteiger partial charge in [-0.3, -0.25) is 9.36 Å². The summed E-state index contributed by atoms with van der Waals surface area (Å²) in [6.45, 7) is 6.16. The molecule has 0 fully saturated rings. The fraction of sp³-hybridized carbons (Fsp3) is 0.227. The van der Waals surface area contributed by atoms with Crippen LogP contribution in [-0.4, -0.2) is 33.5 Å². The van der Waals surface area contributed by atoms with Crippen molar-refractivity contribution in [3.63, 3.8) is 0 Å². The molecule has 1 N–H and O–H groups in total. The number of carbonyl (C=O) groups is 1. The molecule has 1 atom stereocenters. The van der Waals surface area contributed by atoms with E-state index < -0.39 is 0 Å². The standard InChI is InChI=1S/C22H22Cl2N4O3S/c1-4-8-28-21(14(2)31-19-7-5-6-18(12-19)30-3)26-27-22(28)32-13-20(29)25-17-10-15(23)9-16(24)11-17/h4-7,9-12,14H,1,8,13H2,2-3H3,(H,25,29). The van der Waals surface area contributed by atoms with E-state index in [0.29, 0.717) is 44.8 Å². The third kappa shape index (κ3) is 6.41. The molecule has 10 heteroatoms. The van der Waals surface area contributed by atoms with Crippen LogP contribution in [-0.2, 0) is 11.3 Å². The fourth-order valence-corrected chi connectivity index (χ4v) is 4.17. The van der Waals surface area contributed by atoms with E-state index >= 15 is 0 Å². The number of hydrogen-bond acceptors (Lipinski definition) is 6. The number of benzene rings is 2. The van der Waals surface area contributed by atoms with Gasteiger partial charge in [0, 0.05) is 28.3 Å². The van der Waals surface area contributed by atoms with Gasteiger partial charge in [-0.05, 0) is 37.3 Å². The van der Waals surface area contributed by atoms with E-state index in [-0.39, 0.29) is 17.8 Å². The number of methoxy groups -OCH3 is 1. The van der Waals surface area contributed by atoms with Gasteiger partial charge < -0.3 is 14.8 Å². The Kier molecular flexibility index (Phi) is 8.44. The zero-order valence-corrected chi connectivity index (χ0v) is 19.9. The molecule has 0 aliphatic carbocycles. The summed E-state index contributed by atoms with van der Waals surface area (Å²) < 4.78 is 13.1. The number of allylic oxidation sites excluding steroid dienone is 1. The van der Waals surface area contributed by atoms with Crippen LogP contribution >= 0.6 is 35.0 Å². The fourth-order valence-electron chi connectivity index (χ4n) is 2.89. The number of ether oxygens (including phenoxy) is 2. The summed E-state index contributed by atoms with van der Waals surface area (Å²) in [7, 11) is 1.60. The number of hydrogen-bond donors (Lipinski definition) is 1. The van der Waals surface area contributed by atoms with Crippen LogP contribution in [0, 0.1) is 0 Å². The molecular weight excluding hydrogens is 471 g/mol. The number of nitrogens with zero attached hydrogens (tertiary/aromatic N) is 3. The maximum Gasteiger partial charge on any atom is 0.234 e. The van der Waals surface area contributed by atoms with Gasteiger partial charge in [-0.1, -0.05) is 47.1 Å². The third-order valence-corrected chi connectivity index (χ3v) is 5.66. The van der Waals surface area contributed by atoms with E-state index in [1.807, 2.05) is 29.7 Å². The van der Waals surface area contributed by atoms with Crippen molar-refractivity contribution < 1.29 is 14.3 Å². The van der Waals surface area contributed by atoms with Crippen molar-refractivity contribution in [2.75, 3.05) is 18.2 Å². The van der Waals surface area contributed by atoms with Crippen LogP contribution < -0.4 is 14.8 Å². The first-order chi connectivity index (χ1) is 15.4. The van der Waals surface area contributed by atoms with Crippen LogP contribution in [0.4, 0.5) is 5.69 Å². The molecule has 0 saturated carbocycles.